The van der Waals surface area contributed by atoms with Crippen molar-refractivity contribution in [1.82, 2.24) is 10.5 Å². The Bertz CT molecular complexity index is 1300. The van der Waals surface area contributed by atoms with Gasteiger partial charge in [-0.3, -0.25) is 0 Å². The highest BCUT2D eigenvalue weighted by atomic mass is 19.4. The van der Waals surface area contributed by atoms with E-state index in [1.54, 1.807) is 0 Å². The van der Waals surface area contributed by atoms with Gasteiger partial charge >= 0.3 is 6.18 Å². The number of nitrogens with zero attached hydrogens (tertiary/aromatic N) is 1. The van der Waals surface area contributed by atoms with Gasteiger partial charge in [-0.05, 0) is 54.5 Å². The Kier molecular flexibility index (Phi) is 7.33. The maximum Gasteiger partial charge on any atom is 0.416 e. The second kappa shape index (κ2) is 10.6. The molecular weight excluding hydrogens is 457 g/mol. The van der Waals surface area contributed by atoms with E-state index >= 15 is 0 Å². The number of ether oxygens (including phenoxy) is 1. The Hall–Kier alpha value is -3.88. The van der Waals surface area contributed by atoms with Gasteiger partial charge in [0.25, 0.3) is 0 Å². The number of alkyl halides is 3. The van der Waals surface area contributed by atoms with Crippen LogP contribution in [0.3, 0.4) is 0 Å². The molecular formula is C27H23F3N2O3. The van der Waals surface area contributed by atoms with Crippen molar-refractivity contribution < 1.29 is 27.5 Å². The Morgan fingerprint density at radius 2 is 1.74 bits per heavy atom. The minimum atomic E-state index is -4.42. The van der Waals surface area contributed by atoms with E-state index in [2.05, 4.69) is 10.5 Å². The minimum Gasteiger partial charge on any atom is -0.487 e. The van der Waals surface area contributed by atoms with E-state index in [0.29, 0.717) is 29.3 Å². The number of rotatable bonds is 8. The predicted molar refractivity (Wildman–Crippen MR) is 127 cm³/mol. The highest BCUT2D eigenvalue weighted by Gasteiger charge is 2.30. The lowest BCUT2D eigenvalue weighted by atomic mass is 10.1. The molecule has 3 aromatic carbocycles. The topological polar surface area (TPSA) is 67.5 Å². The quantitative estimate of drug-likeness (QED) is 0.266. The lowest BCUT2D eigenvalue weighted by molar-refractivity contribution is -0.137. The first-order valence-electron chi connectivity index (χ1n) is 10.8. The lowest BCUT2D eigenvalue weighted by Crippen LogP contribution is -2.05. The van der Waals surface area contributed by atoms with Crippen LogP contribution >= 0.6 is 0 Å². The van der Waals surface area contributed by atoms with Gasteiger partial charge in [0.1, 0.15) is 18.1 Å². The number of allylic oxidation sites excluding steroid dienone is 1. The molecule has 0 amide bonds. The molecule has 0 bridgehead atoms. The Labute approximate surface area is 200 Å². The summed E-state index contributed by atoms with van der Waals surface area (Å²) < 4.78 is 50.8. The largest absolute Gasteiger partial charge is 0.487 e. The molecule has 0 aliphatic carbocycles. The van der Waals surface area contributed by atoms with E-state index in [1.807, 2.05) is 67.6 Å². The van der Waals surface area contributed by atoms with Crippen LogP contribution in [0.2, 0.25) is 0 Å². The number of oxazole rings is 1. The summed E-state index contributed by atoms with van der Waals surface area (Å²) in [6.45, 7) is 2.35. The zero-order chi connectivity index (χ0) is 24.8. The molecule has 0 saturated heterocycles. The van der Waals surface area contributed by atoms with Gasteiger partial charge in [0.15, 0.2) is 5.76 Å². The van der Waals surface area contributed by atoms with Gasteiger partial charge in [-0.1, -0.05) is 48.5 Å². The van der Waals surface area contributed by atoms with Crippen molar-refractivity contribution in [2.75, 3.05) is 6.54 Å². The number of hydrogen-bond donors (Lipinski definition) is 2. The molecule has 35 heavy (non-hydrogen) atoms. The molecule has 0 aliphatic heterocycles. The van der Waals surface area contributed by atoms with Gasteiger partial charge in [0, 0.05) is 17.7 Å². The summed E-state index contributed by atoms with van der Waals surface area (Å²) in [4.78, 5) is 4.54. The van der Waals surface area contributed by atoms with Crippen molar-refractivity contribution in [3.63, 3.8) is 0 Å². The molecule has 4 aromatic rings. The van der Waals surface area contributed by atoms with Crippen molar-refractivity contribution in [2.24, 2.45) is 0 Å². The Balaban J connectivity index is 1.62. The zero-order valence-corrected chi connectivity index (χ0v) is 18.8. The van der Waals surface area contributed by atoms with E-state index in [-0.39, 0.29) is 12.5 Å². The highest BCUT2D eigenvalue weighted by molar-refractivity contribution is 5.66. The normalized spacial score (nSPS) is 12.1. The van der Waals surface area contributed by atoms with Gasteiger partial charge in [0.05, 0.1) is 5.56 Å². The Morgan fingerprint density at radius 1 is 1.00 bits per heavy atom. The van der Waals surface area contributed by atoms with Crippen LogP contribution in [0.15, 0.2) is 89.4 Å². The number of aromatic nitrogens is 1. The molecule has 4 rings (SSSR count). The molecule has 2 N–H and O–H groups in total. The van der Waals surface area contributed by atoms with Crippen LogP contribution in [0.1, 0.15) is 23.7 Å². The summed E-state index contributed by atoms with van der Waals surface area (Å²) >= 11 is 0. The SMILES string of the molecule is C/C(=C\CNO)c1cccc(OCc2nc(-c3ccc(C(F)(F)F)cc3)oc2-c2ccccc2)c1. The third-order valence-electron chi connectivity index (χ3n) is 5.36. The van der Waals surface area contributed by atoms with Gasteiger partial charge in [-0.2, -0.15) is 13.2 Å². The van der Waals surface area contributed by atoms with Crippen molar-refractivity contribution in [1.29, 1.82) is 0 Å². The van der Waals surface area contributed by atoms with E-state index in [0.717, 1.165) is 28.8 Å². The van der Waals surface area contributed by atoms with Gasteiger partial charge in [-0.15, -0.1) is 0 Å². The van der Waals surface area contributed by atoms with Gasteiger partial charge in [-0.25, -0.2) is 10.5 Å². The smallest absolute Gasteiger partial charge is 0.416 e. The van der Waals surface area contributed by atoms with Crippen LogP contribution in [0.5, 0.6) is 5.75 Å². The fraction of sp³-hybridized carbons (Fsp3) is 0.148. The molecule has 0 spiro atoms. The second-order valence-corrected chi connectivity index (χ2v) is 7.80. The third kappa shape index (κ3) is 5.98. The molecule has 180 valence electrons. The molecule has 0 aliphatic rings. The maximum atomic E-state index is 12.9. The first-order valence-corrected chi connectivity index (χ1v) is 10.8. The first-order chi connectivity index (χ1) is 16.8. The summed E-state index contributed by atoms with van der Waals surface area (Å²) in [5, 5.41) is 8.80. The van der Waals surface area contributed by atoms with E-state index in [4.69, 9.17) is 14.4 Å². The average Bonchev–Trinajstić information content (AvgIpc) is 3.30. The van der Waals surface area contributed by atoms with Crippen LogP contribution in [-0.2, 0) is 12.8 Å². The second-order valence-electron chi connectivity index (χ2n) is 7.80. The molecule has 1 heterocycles. The van der Waals surface area contributed by atoms with Crippen LogP contribution in [0, 0.1) is 0 Å². The third-order valence-corrected chi connectivity index (χ3v) is 5.36. The highest BCUT2D eigenvalue weighted by Crippen LogP contribution is 2.34. The van der Waals surface area contributed by atoms with Crippen LogP contribution in [0.25, 0.3) is 28.4 Å². The fourth-order valence-electron chi connectivity index (χ4n) is 3.49. The molecule has 0 atom stereocenters. The summed E-state index contributed by atoms with van der Waals surface area (Å²) in [6.07, 6.45) is -2.57. The summed E-state index contributed by atoms with van der Waals surface area (Å²) in [7, 11) is 0. The fourth-order valence-corrected chi connectivity index (χ4v) is 3.49. The molecule has 0 fully saturated rings. The van der Waals surface area contributed by atoms with E-state index in [1.165, 1.54) is 12.1 Å². The molecule has 0 radical (unpaired) electrons. The monoisotopic (exact) mass is 480 g/mol. The van der Waals surface area contributed by atoms with Crippen LogP contribution in [0.4, 0.5) is 13.2 Å². The van der Waals surface area contributed by atoms with Crippen LogP contribution in [-0.4, -0.2) is 16.7 Å². The summed E-state index contributed by atoms with van der Waals surface area (Å²) in [5.41, 5.74) is 4.99. The van der Waals surface area contributed by atoms with Gasteiger partial charge < -0.3 is 14.4 Å². The summed E-state index contributed by atoms with van der Waals surface area (Å²) in [6, 6.07) is 21.5. The van der Waals surface area contributed by atoms with Crippen molar-refractivity contribution in [3.05, 3.63) is 102 Å². The van der Waals surface area contributed by atoms with E-state index < -0.39 is 11.7 Å². The number of hydrogen-bond acceptors (Lipinski definition) is 5. The number of nitrogens with one attached hydrogen (secondary N) is 1. The minimum absolute atomic E-state index is 0.0960. The predicted octanol–water partition coefficient (Wildman–Crippen LogP) is 6.99. The summed E-state index contributed by atoms with van der Waals surface area (Å²) in [5.74, 6) is 1.31. The maximum absolute atomic E-state index is 12.9. The lowest BCUT2D eigenvalue weighted by Gasteiger charge is -2.08. The molecule has 0 unspecified atom stereocenters. The number of halogens is 3. The standard InChI is InChI=1S/C27H23F3N2O3/c1-18(14-15-31-33)21-8-5-9-23(16-21)34-17-24-25(19-6-3-2-4-7-19)35-26(32-24)20-10-12-22(13-11-20)27(28,29)30/h2-14,16,31,33H,15,17H2,1H3/b18-14+. The number of benzene rings is 3. The average molecular weight is 480 g/mol. The number of hydroxylamine groups is 1. The first kappa shape index (κ1) is 24.3. The Morgan fingerprint density at radius 3 is 2.43 bits per heavy atom. The molecule has 0 saturated carbocycles. The van der Waals surface area contributed by atoms with E-state index in [9.17, 15) is 13.2 Å². The van der Waals surface area contributed by atoms with Gasteiger partial charge in [0.2, 0.25) is 5.89 Å². The molecule has 5 nitrogen and oxygen atoms in total. The van der Waals surface area contributed by atoms with Crippen molar-refractivity contribution in [2.45, 2.75) is 19.7 Å². The van der Waals surface area contributed by atoms with Crippen LogP contribution < -0.4 is 10.2 Å². The zero-order valence-electron chi connectivity index (χ0n) is 18.8. The molecule has 8 heteroatoms. The van der Waals surface area contributed by atoms with Crippen molar-refractivity contribution >= 4 is 5.57 Å². The van der Waals surface area contributed by atoms with Crippen molar-refractivity contribution in [3.8, 4) is 28.5 Å². The molecule has 1 aromatic heterocycles.